The minimum atomic E-state index is -0.0426. The number of fused-ring (bicyclic) bond motifs is 1. The Labute approximate surface area is 204 Å². The van der Waals surface area contributed by atoms with Gasteiger partial charge in [-0.1, -0.05) is 17.3 Å². The van der Waals surface area contributed by atoms with Crippen LogP contribution in [0.4, 0.5) is 5.82 Å². The van der Waals surface area contributed by atoms with Crippen LogP contribution < -0.4 is 15.0 Å². The maximum atomic E-state index is 12.4. The number of ether oxygens (including phenoxy) is 2. The third-order valence-corrected chi connectivity index (χ3v) is 7.26. The second-order valence-corrected chi connectivity index (χ2v) is 9.84. The van der Waals surface area contributed by atoms with Crippen LogP contribution in [0.1, 0.15) is 61.7 Å². The Bertz CT molecular complexity index is 1190. The molecule has 2 saturated carbocycles. The maximum absolute atomic E-state index is 12.4. The molecule has 0 radical (unpaired) electrons. The minimum Gasteiger partial charge on any atom is -0.460 e. The second-order valence-electron chi connectivity index (χ2n) is 9.84. The van der Waals surface area contributed by atoms with Crippen LogP contribution in [-0.4, -0.2) is 59.5 Å². The number of amides is 1. The Hall–Kier alpha value is -3.20. The number of benzene rings is 1. The van der Waals surface area contributed by atoms with Crippen molar-refractivity contribution in [3.63, 3.8) is 0 Å². The fraction of sp³-hybridized carbons (Fsp3) is 0.538. The minimum absolute atomic E-state index is 0.0426. The van der Waals surface area contributed by atoms with Crippen LogP contribution in [0.25, 0.3) is 22.4 Å². The smallest absolute Gasteiger partial charge is 0.319 e. The summed E-state index contributed by atoms with van der Waals surface area (Å²) in [6, 6.07) is 8.39. The second kappa shape index (κ2) is 9.45. The van der Waals surface area contributed by atoms with E-state index in [0.29, 0.717) is 46.3 Å². The molecule has 3 aliphatic rings. The van der Waals surface area contributed by atoms with E-state index in [1.54, 1.807) is 0 Å². The summed E-state index contributed by atoms with van der Waals surface area (Å²) >= 11 is 0. The van der Waals surface area contributed by atoms with Crippen molar-refractivity contribution in [2.24, 2.45) is 0 Å². The molecule has 35 heavy (non-hydrogen) atoms. The summed E-state index contributed by atoms with van der Waals surface area (Å²) in [7, 11) is 2.03. The number of nitrogens with zero attached hydrogens (tertiary/aromatic N) is 4. The van der Waals surface area contributed by atoms with Gasteiger partial charge < -0.3 is 24.2 Å². The Morgan fingerprint density at radius 1 is 1.03 bits per heavy atom. The van der Waals surface area contributed by atoms with Gasteiger partial charge in [0.25, 0.3) is 5.91 Å². The molecule has 1 N–H and O–H groups in total. The summed E-state index contributed by atoms with van der Waals surface area (Å²) in [6.45, 7) is 1.47. The van der Waals surface area contributed by atoms with E-state index in [1.165, 1.54) is 12.8 Å². The maximum Gasteiger partial charge on any atom is 0.319 e. The number of hydrogen-bond donors (Lipinski definition) is 1. The monoisotopic (exact) mass is 477 g/mol. The number of anilines is 1. The molecule has 0 spiro atoms. The topological polar surface area (TPSA) is 103 Å². The van der Waals surface area contributed by atoms with Crippen LogP contribution in [0.3, 0.4) is 0 Å². The lowest BCUT2D eigenvalue weighted by molar-refractivity contribution is 0.0853. The largest absolute Gasteiger partial charge is 0.460 e. The van der Waals surface area contributed by atoms with Gasteiger partial charge >= 0.3 is 6.01 Å². The summed E-state index contributed by atoms with van der Waals surface area (Å²) in [6.07, 6.45) is 8.48. The normalized spacial score (nSPS) is 19.2. The van der Waals surface area contributed by atoms with Gasteiger partial charge in [-0.15, -0.1) is 0 Å². The van der Waals surface area contributed by atoms with Gasteiger partial charge in [-0.2, -0.15) is 9.97 Å². The average molecular weight is 478 g/mol. The molecule has 0 unspecified atom stereocenters. The standard InChI is InChI=1S/C26H31N5O4/c1-31(19-12-14-33-15-13-19)24-23-22(28-26(29-24)34-20-4-2-3-5-20)21(30-35-23)16-6-8-17(9-7-16)25(32)27-18-10-11-18/h6-9,18-20H,2-5,10-15H2,1H3,(H,27,32). The van der Waals surface area contributed by atoms with E-state index >= 15 is 0 Å². The lowest BCUT2D eigenvalue weighted by Gasteiger charge is -2.31. The number of carbonyl (C=O) groups is 1. The Morgan fingerprint density at radius 3 is 2.49 bits per heavy atom. The first-order chi connectivity index (χ1) is 17.2. The molecule has 1 amide bonds. The number of rotatable bonds is 7. The molecule has 3 fully saturated rings. The summed E-state index contributed by atoms with van der Waals surface area (Å²) < 4.78 is 17.6. The van der Waals surface area contributed by atoms with E-state index in [2.05, 4.69) is 15.4 Å². The molecule has 184 valence electrons. The van der Waals surface area contributed by atoms with E-state index in [-0.39, 0.29) is 12.0 Å². The van der Waals surface area contributed by atoms with Crippen molar-refractivity contribution in [1.29, 1.82) is 0 Å². The highest BCUT2D eigenvalue weighted by molar-refractivity contribution is 5.97. The molecule has 9 heteroatoms. The van der Waals surface area contributed by atoms with Gasteiger partial charge in [0.1, 0.15) is 17.3 Å². The highest BCUT2D eigenvalue weighted by atomic mass is 16.5. The predicted molar refractivity (Wildman–Crippen MR) is 131 cm³/mol. The Kier molecular flexibility index (Phi) is 6.01. The number of carbonyl (C=O) groups excluding carboxylic acids is 1. The van der Waals surface area contributed by atoms with E-state index in [1.807, 2.05) is 31.3 Å². The molecule has 1 aliphatic heterocycles. The van der Waals surface area contributed by atoms with Crippen molar-refractivity contribution in [1.82, 2.24) is 20.4 Å². The molecule has 1 aromatic carbocycles. The SMILES string of the molecule is CN(c1nc(OC2CCCC2)nc2c(-c3ccc(C(=O)NC4CC4)cc3)noc12)C1CCOCC1. The van der Waals surface area contributed by atoms with Crippen LogP contribution in [0.2, 0.25) is 0 Å². The fourth-order valence-electron chi connectivity index (χ4n) is 4.96. The first kappa shape index (κ1) is 22.3. The van der Waals surface area contributed by atoms with Crippen LogP contribution in [0.5, 0.6) is 6.01 Å². The highest BCUT2D eigenvalue weighted by Gasteiger charge is 2.28. The van der Waals surface area contributed by atoms with E-state index < -0.39 is 0 Å². The van der Waals surface area contributed by atoms with Crippen molar-refractivity contribution in [2.75, 3.05) is 25.2 Å². The zero-order valence-corrected chi connectivity index (χ0v) is 20.0. The number of aromatic nitrogens is 3. The Morgan fingerprint density at radius 2 is 1.77 bits per heavy atom. The van der Waals surface area contributed by atoms with Crippen molar-refractivity contribution >= 4 is 22.8 Å². The predicted octanol–water partition coefficient (Wildman–Crippen LogP) is 4.11. The summed E-state index contributed by atoms with van der Waals surface area (Å²) in [5, 5.41) is 7.40. The van der Waals surface area contributed by atoms with Gasteiger partial charge in [0.05, 0.1) is 0 Å². The molecule has 0 atom stereocenters. The zero-order chi connectivity index (χ0) is 23.8. The molecule has 3 heterocycles. The average Bonchev–Trinajstić information content (AvgIpc) is 3.37. The van der Waals surface area contributed by atoms with Crippen molar-refractivity contribution in [2.45, 2.75) is 69.6 Å². The first-order valence-electron chi connectivity index (χ1n) is 12.7. The van der Waals surface area contributed by atoms with E-state index in [9.17, 15) is 4.79 Å². The molecular weight excluding hydrogens is 446 g/mol. The molecule has 2 aliphatic carbocycles. The van der Waals surface area contributed by atoms with Crippen molar-refractivity contribution < 1.29 is 18.8 Å². The molecule has 6 rings (SSSR count). The molecule has 0 bridgehead atoms. The lowest BCUT2D eigenvalue weighted by atomic mass is 10.1. The van der Waals surface area contributed by atoms with Gasteiger partial charge in [0, 0.05) is 43.5 Å². The van der Waals surface area contributed by atoms with Gasteiger partial charge in [0.2, 0.25) is 5.58 Å². The molecular formula is C26H31N5O4. The summed E-state index contributed by atoms with van der Waals surface area (Å²) in [5.74, 6) is 0.646. The number of hydrogen-bond acceptors (Lipinski definition) is 8. The number of nitrogens with one attached hydrogen (secondary N) is 1. The molecule has 2 aromatic heterocycles. The highest BCUT2D eigenvalue weighted by Crippen LogP contribution is 2.35. The van der Waals surface area contributed by atoms with Crippen LogP contribution in [0, 0.1) is 0 Å². The zero-order valence-electron chi connectivity index (χ0n) is 20.0. The summed E-state index contributed by atoms with van der Waals surface area (Å²) in [5.41, 5.74) is 3.25. The van der Waals surface area contributed by atoms with Gasteiger partial charge in [-0.3, -0.25) is 4.79 Å². The van der Waals surface area contributed by atoms with Gasteiger partial charge in [-0.05, 0) is 63.5 Å². The lowest BCUT2D eigenvalue weighted by Crippen LogP contribution is -2.37. The molecule has 1 saturated heterocycles. The quantitative estimate of drug-likeness (QED) is 0.542. The third kappa shape index (κ3) is 4.69. The first-order valence-corrected chi connectivity index (χ1v) is 12.7. The molecule has 9 nitrogen and oxygen atoms in total. The van der Waals surface area contributed by atoms with E-state index in [0.717, 1.165) is 57.3 Å². The van der Waals surface area contributed by atoms with Crippen LogP contribution >= 0.6 is 0 Å². The van der Waals surface area contributed by atoms with Crippen molar-refractivity contribution in [3.8, 4) is 17.3 Å². The summed E-state index contributed by atoms with van der Waals surface area (Å²) in [4.78, 5) is 24.1. The van der Waals surface area contributed by atoms with Gasteiger partial charge in [-0.25, -0.2) is 0 Å². The van der Waals surface area contributed by atoms with Gasteiger partial charge in [0.15, 0.2) is 5.82 Å². The van der Waals surface area contributed by atoms with Crippen LogP contribution in [-0.2, 0) is 4.74 Å². The van der Waals surface area contributed by atoms with Crippen LogP contribution in [0.15, 0.2) is 28.8 Å². The van der Waals surface area contributed by atoms with Crippen molar-refractivity contribution in [3.05, 3.63) is 29.8 Å². The molecule has 3 aromatic rings. The fourth-order valence-corrected chi connectivity index (χ4v) is 4.96. The van der Waals surface area contributed by atoms with E-state index in [4.69, 9.17) is 24.0 Å². The third-order valence-electron chi connectivity index (χ3n) is 7.26. The Balaban J connectivity index is 1.35.